The second kappa shape index (κ2) is 7.06. The molecule has 0 saturated carbocycles. The minimum Gasteiger partial charge on any atom is -0.329 e. The molecule has 0 N–H and O–H groups in total. The molecular weight excluding hydrogens is 358 g/mol. The lowest BCUT2D eigenvalue weighted by Gasteiger charge is -2.17. The van der Waals surface area contributed by atoms with Gasteiger partial charge in [0.05, 0.1) is 12.5 Å². The third-order valence-corrected chi connectivity index (χ3v) is 5.59. The molecule has 142 valence electrons. The van der Waals surface area contributed by atoms with Crippen molar-refractivity contribution in [3.8, 4) is 16.8 Å². The summed E-state index contributed by atoms with van der Waals surface area (Å²) in [5.41, 5.74) is 7.57. The molecule has 0 aliphatic carbocycles. The number of amides is 1. The van der Waals surface area contributed by atoms with Gasteiger partial charge in [0.25, 0.3) is 5.91 Å². The second-order valence-corrected chi connectivity index (χ2v) is 7.44. The minimum atomic E-state index is 0.00156. The van der Waals surface area contributed by atoms with Crippen molar-refractivity contribution in [2.45, 2.75) is 20.0 Å². The van der Waals surface area contributed by atoms with Gasteiger partial charge in [-0.15, -0.1) is 0 Å². The normalized spacial score (nSPS) is 12.8. The zero-order valence-electron chi connectivity index (χ0n) is 16.2. The van der Waals surface area contributed by atoms with E-state index in [4.69, 9.17) is 0 Å². The second-order valence-electron chi connectivity index (χ2n) is 7.44. The van der Waals surface area contributed by atoms with E-state index in [0.717, 1.165) is 11.3 Å². The maximum atomic E-state index is 13.2. The first kappa shape index (κ1) is 17.4. The van der Waals surface area contributed by atoms with Gasteiger partial charge in [0.15, 0.2) is 0 Å². The molecule has 29 heavy (non-hydrogen) atoms. The molecule has 2 heterocycles. The Labute approximate surface area is 170 Å². The monoisotopic (exact) mass is 379 g/mol. The van der Waals surface area contributed by atoms with Crippen LogP contribution < -0.4 is 0 Å². The predicted molar refractivity (Wildman–Crippen MR) is 114 cm³/mol. The van der Waals surface area contributed by atoms with Gasteiger partial charge in [-0.1, -0.05) is 60.7 Å². The fourth-order valence-electron chi connectivity index (χ4n) is 4.00. The molecule has 0 unspecified atom stereocenters. The molecule has 0 atom stereocenters. The van der Waals surface area contributed by atoms with Crippen molar-refractivity contribution >= 4 is 5.91 Å². The summed E-state index contributed by atoms with van der Waals surface area (Å²) in [4.78, 5) is 19.3. The molecule has 5 rings (SSSR count). The number of nitrogens with zero attached hydrogens (tertiary/aromatic N) is 3. The van der Waals surface area contributed by atoms with Gasteiger partial charge in [0.1, 0.15) is 5.69 Å². The minimum absolute atomic E-state index is 0.00156. The number of carbonyl (C=O) groups excluding carboxylic acids is 1. The van der Waals surface area contributed by atoms with Gasteiger partial charge < -0.3 is 4.90 Å². The van der Waals surface area contributed by atoms with E-state index in [1.807, 2.05) is 39.8 Å². The molecule has 0 bridgehead atoms. The van der Waals surface area contributed by atoms with Crippen LogP contribution in [0.25, 0.3) is 16.8 Å². The molecular formula is C25H21N3O. The maximum absolute atomic E-state index is 13.2. The van der Waals surface area contributed by atoms with Crippen molar-refractivity contribution < 1.29 is 4.79 Å². The number of carbonyl (C=O) groups is 1. The first-order valence-electron chi connectivity index (χ1n) is 9.75. The number of rotatable bonds is 3. The summed E-state index contributed by atoms with van der Waals surface area (Å²) >= 11 is 0. The quantitative estimate of drug-likeness (QED) is 0.502. The topological polar surface area (TPSA) is 38.1 Å². The first-order chi connectivity index (χ1) is 14.2. The van der Waals surface area contributed by atoms with Crippen LogP contribution in [0.4, 0.5) is 0 Å². The number of hydrogen-bond acceptors (Lipinski definition) is 2. The zero-order valence-corrected chi connectivity index (χ0v) is 16.2. The van der Waals surface area contributed by atoms with Gasteiger partial charge >= 0.3 is 0 Å². The third-order valence-electron chi connectivity index (χ3n) is 5.59. The van der Waals surface area contributed by atoms with E-state index >= 15 is 0 Å². The van der Waals surface area contributed by atoms with Gasteiger partial charge in [-0.2, -0.15) is 0 Å². The third kappa shape index (κ3) is 3.13. The van der Waals surface area contributed by atoms with Gasteiger partial charge in [-0.25, -0.2) is 4.98 Å². The largest absolute Gasteiger partial charge is 0.329 e. The molecule has 0 saturated heterocycles. The van der Waals surface area contributed by atoms with Crippen molar-refractivity contribution in [1.82, 2.24) is 14.5 Å². The summed E-state index contributed by atoms with van der Waals surface area (Å²) in [6.07, 6.45) is 3.36. The van der Waals surface area contributed by atoms with Crippen LogP contribution in [0.5, 0.6) is 0 Å². The summed E-state index contributed by atoms with van der Waals surface area (Å²) in [7, 11) is 0. The number of aryl methyl sites for hydroxylation is 1. The maximum Gasteiger partial charge on any atom is 0.273 e. The average Bonchev–Trinajstić information content (AvgIpc) is 3.41. The molecule has 4 nitrogen and oxygen atoms in total. The van der Waals surface area contributed by atoms with Crippen LogP contribution in [0.2, 0.25) is 0 Å². The van der Waals surface area contributed by atoms with Gasteiger partial charge in [-0.05, 0) is 46.9 Å². The van der Waals surface area contributed by atoms with Crippen LogP contribution in [0, 0.1) is 6.92 Å². The van der Waals surface area contributed by atoms with E-state index < -0.39 is 0 Å². The molecule has 1 aliphatic rings. The highest BCUT2D eigenvalue weighted by Crippen LogP contribution is 2.27. The SMILES string of the molecule is Cc1ccccc1-c1ccc(-n2cncc2C(=O)N2Cc3ccccc3C2)cc1. The standard InChI is InChI=1S/C25H21N3O/c1-18-6-2-5-9-23(18)19-10-12-22(13-11-19)28-17-26-14-24(28)25(29)27-15-20-7-3-4-8-21(20)16-27/h2-14,17H,15-16H2,1H3. The smallest absolute Gasteiger partial charge is 0.273 e. The first-order valence-corrected chi connectivity index (χ1v) is 9.75. The summed E-state index contributed by atoms with van der Waals surface area (Å²) in [6, 6.07) is 24.8. The Morgan fingerprint density at radius 2 is 1.52 bits per heavy atom. The van der Waals surface area contributed by atoms with Crippen molar-refractivity contribution in [3.63, 3.8) is 0 Å². The predicted octanol–water partition coefficient (Wildman–Crippen LogP) is 5.00. The van der Waals surface area contributed by atoms with Crippen LogP contribution in [-0.2, 0) is 13.1 Å². The van der Waals surface area contributed by atoms with Crippen LogP contribution in [0.1, 0.15) is 27.2 Å². The van der Waals surface area contributed by atoms with Crippen LogP contribution in [-0.4, -0.2) is 20.4 Å². The van der Waals surface area contributed by atoms with E-state index in [-0.39, 0.29) is 5.91 Å². The molecule has 0 fully saturated rings. The Morgan fingerprint density at radius 3 is 2.21 bits per heavy atom. The molecule has 4 heteroatoms. The van der Waals surface area contributed by atoms with Crippen molar-refractivity contribution in [2.24, 2.45) is 0 Å². The Kier molecular flexibility index (Phi) is 4.24. The van der Waals surface area contributed by atoms with Crippen LogP contribution in [0.3, 0.4) is 0 Å². The molecule has 1 amide bonds. The van der Waals surface area contributed by atoms with Crippen molar-refractivity contribution in [2.75, 3.05) is 0 Å². The summed E-state index contributed by atoms with van der Waals surface area (Å²) < 4.78 is 1.87. The zero-order chi connectivity index (χ0) is 19.8. The number of fused-ring (bicyclic) bond motifs is 1. The molecule has 4 aromatic rings. The van der Waals surface area contributed by atoms with E-state index in [2.05, 4.69) is 54.4 Å². The van der Waals surface area contributed by atoms with Crippen molar-refractivity contribution in [3.05, 3.63) is 108 Å². The van der Waals surface area contributed by atoms with Crippen LogP contribution >= 0.6 is 0 Å². The fourth-order valence-corrected chi connectivity index (χ4v) is 4.00. The highest BCUT2D eigenvalue weighted by Gasteiger charge is 2.26. The summed E-state index contributed by atoms with van der Waals surface area (Å²) in [5, 5.41) is 0. The highest BCUT2D eigenvalue weighted by molar-refractivity contribution is 5.93. The van der Waals surface area contributed by atoms with Gasteiger partial charge in [-0.3, -0.25) is 9.36 Å². The van der Waals surface area contributed by atoms with Gasteiger partial charge in [0, 0.05) is 18.8 Å². The molecule has 1 aromatic heterocycles. The number of aromatic nitrogens is 2. The lowest BCUT2D eigenvalue weighted by Crippen LogP contribution is -2.27. The van der Waals surface area contributed by atoms with Crippen LogP contribution in [0.15, 0.2) is 85.3 Å². The molecule has 0 spiro atoms. The molecule has 1 aliphatic heterocycles. The number of imidazole rings is 1. The Hall–Kier alpha value is -3.66. The van der Waals surface area contributed by atoms with E-state index in [0.29, 0.717) is 18.8 Å². The Bertz CT molecular complexity index is 1170. The Balaban J connectivity index is 1.42. The lowest BCUT2D eigenvalue weighted by molar-refractivity contribution is 0.0743. The van der Waals surface area contributed by atoms with E-state index in [1.54, 1.807) is 12.5 Å². The van der Waals surface area contributed by atoms with Gasteiger partial charge in [0.2, 0.25) is 0 Å². The summed E-state index contributed by atoms with van der Waals surface area (Å²) in [6.45, 7) is 3.41. The fraction of sp³-hybridized carbons (Fsp3) is 0.120. The average molecular weight is 379 g/mol. The summed E-state index contributed by atoms with van der Waals surface area (Å²) in [5.74, 6) is 0.00156. The molecule has 3 aromatic carbocycles. The van der Waals surface area contributed by atoms with Crippen molar-refractivity contribution in [1.29, 1.82) is 0 Å². The van der Waals surface area contributed by atoms with E-state index in [9.17, 15) is 4.79 Å². The number of benzene rings is 3. The lowest BCUT2D eigenvalue weighted by atomic mass is 10.0. The molecule has 0 radical (unpaired) electrons. The Morgan fingerprint density at radius 1 is 0.862 bits per heavy atom. The highest BCUT2D eigenvalue weighted by atomic mass is 16.2. The van der Waals surface area contributed by atoms with E-state index in [1.165, 1.54) is 22.3 Å². The number of hydrogen-bond donors (Lipinski definition) is 0.